The van der Waals surface area contributed by atoms with Crippen molar-refractivity contribution in [2.24, 2.45) is 5.41 Å². The van der Waals surface area contributed by atoms with Crippen molar-refractivity contribution in [1.29, 1.82) is 0 Å². The molecule has 3 fully saturated rings. The Kier molecular flexibility index (Phi) is 4.39. The van der Waals surface area contributed by atoms with Gasteiger partial charge in [0.2, 0.25) is 0 Å². The molecule has 1 aromatic rings. The molecule has 24 heavy (non-hydrogen) atoms. The minimum absolute atomic E-state index is 0.0318. The number of aromatic nitrogens is 1. The summed E-state index contributed by atoms with van der Waals surface area (Å²) in [6, 6.07) is 0.615. The number of aliphatic hydroxyl groups is 1. The lowest BCUT2D eigenvalue weighted by molar-refractivity contribution is -0.150. The van der Waals surface area contributed by atoms with Crippen LogP contribution in [0, 0.1) is 5.41 Å². The van der Waals surface area contributed by atoms with Crippen molar-refractivity contribution in [3.63, 3.8) is 0 Å². The Morgan fingerprint density at radius 1 is 1.46 bits per heavy atom. The minimum atomic E-state index is -1.10. The van der Waals surface area contributed by atoms with Gasteiger partial charge in [0.1, 0.15) is 5.01 Å². The van der Waals surface area contributed by atoms with E-state index in [-0.39, 0.29) is 5.91 Å². The van der Waals surface area contributed by atoms with Gasteiger partial charge in [-0.05, 0) is 43.9 Å². The number of thioether (sulfide) groups is 1. The molecule has 3 aliphatic rings. The van der Waals surface area contributed by atoms with Gasteiger partial charge in [0.15, 0.2) is 5.60 Å². The Hall–Kier alpha value is -0.630. The lowest BCUT2D eigenvalue weighted by atomic mass is 9.90. The highest BCUT2D eigenvalue weighted by Gasteiger charge is 2.57. The zero-order valence-electron chi connectivity index (χ0n) is 14.1. The highest BCUT2D eigenvalue weighted by Crippen LogP contribution is 2.56. The van der Waals surface area contributed by atoms with Crippen LogP contribution in [0.1, 0.15) is 30.7 Å². The first-order valence-electron chi connectivity index (χ1n) is 8.71. The topological polar surface area (TPSA) is 56.7 Å². The third-order valence-electron chi connectivity index (χ3n) is 5.99. The zero-order valence-corrected chi connectivity index (χ0v) is 15.7. The van der Waals surface area contributed by atoms with Crippen molar-refractivity contribution in [3.05, 3.63) is 16.6 Å². The molecule has 7 heteroatoms. The molecule has 0 aromatic carbocycles. The molecule has 3 heterocycles. The van der Waals surface area contributed by atoms with Gasteiger partial charge in [-0.25, -0.2) is 4.98 Å². The number of carbonyl (C=O) groups excluding carboxylic acids is 1. The second-order valence-corrected chi connectivity index (χ2v) is 9.63. The highest BCUT2D eigenvalue weighted by molar-refractivity contribution is 7.99. The number of nitrogens with zero attached hydrogens (tertiary/aromatic N) is 3. The van der Waals surface area contributed by atoms with Gasteiger partial charge < -0.3 is 10.0 Å². The van der Waals surface area contributed by atoms with Crippen LogP contribution >= 0.6 is 23.1 Å². The number of amides is 1. The van der Waals surface area contributed by atoms with Crippen LogP contribution in [-0.2, 0) is 11.3 Å². The summed E-state index contributed by atoms with van der Waals surface area (Å²) in [6.45, 7) is 2.52. The fourth-order valence-electron chi connectivity index (χ4n) is 4.31. The Balaban J connectivity index is 1.31. The molecule has 1 aromatic heterocycles. The molecule has 1 aliphatic carbocycles. The van der Waals surface area contributed by atoms with Gasteiger partial charge >= 0.3 is 0 Å². The van der Waals surface area contributed by atoms with E-state index in [1.807, 2.05) is 16.5 Å². The normalized spacial score (nSPS) is 31.8. The molecule has 0 radical (unpaired) electrons. The number of hydrogen-bond acceptors (Lipinski definition) is 6. The molecule has 1 saturated carbocycles. The fourth-order valence-corrected chi connectivity index (χ4v) is 6.22. The van der Waals surface area contributed by atoms with Gasteiger partial charge in [0, 0.05) is 36.5 Å². The third kappa shape index (κ3) is 3.00. The van der Waals surface area contributed by atoms with Crippen LogP contribution in [0.2, 0.25) is 0 Å². The molecule has 4 rings (SSSR count). The number of piperidine rings is 1. The van der Waals surface area contributed by atoms with Crippen LogP contribution in [0.4, 0.5) is 0 Å². The van der Waals surface area contributed by atoms with Gasteiger partial charge in [0.25, 0.3) is 5.91 Å². The lowest BCUT2D eigenvalue weighted by Gasteiger charge is -2.37. The molecule has 2 saturated heterocycles. The number of rotatable bonds is 4. The monoisotopic (exact) mass is 367 g/mol. The molecule has 0 unspecified atom stereocenters. The maximum absolute atomic E-state index is 12.6. The smallest absolute Gasteiger partial charge is 0.255 e. The average Bonchev–Trinajstić information content (AvgIpc) is 2.96. The van der Waals surface area contributed by atoms with Gasteiger partial charge in [-0.15, -0.1) is 11.3 Å². The molecule has 0 bridgehead atoms. The van der Waals surface area contributed by atoms with Crippen LogP contribution in [0.3, 0.4) is 0 Å². The largest absolute Gasteiger partial charge is 0.379 e. The zero-order chi connectivity index (χ0) is 16.8. The summed E-state index contributed by atoms with van der Waals surface area (Å²) >= 11 is 3.40. The molecule has 5 nitrogen and oxygen atoms in total. The first kappa shape index (κ1) is 16.8. The highest BCUT2D eigenvalue weighted by atomic mass is 32.2. The Labute approximate surface area is 151 Å². The van der Waals surface area contributed by atoms with E-state index in [1.165, 1.54) is 11.4 Å². The summed E-state index contributed by atoms with van der Waals surface area (Å²) in [5.41, 5.74) is -0.713. The van der Waals surface area contributed by atoms with Gasteiger partial charge in [-0.3, -0.25) is 9.69 Å². The second kappa shape index (κ2) is 6.27. The van der Waals surface area contributed by atoms with Crippen molar-refractivity contribution in [2.75, 3.05) is 31.6 Å². The summed E-state index contributed by atoms with van der Waals surface area (Å²) in [5, 5.41) is 13.7. The van der Waals surface area contributed by atoms with Crippen molar-refractivity contribution in [3.8, 4) is 0 Å². The molecule has 132 valence electrons. The maximum atomic E-state index is 12.6. The van der Waals surface area contributed by atoms with Crippen molar-refractivity contribution < 1.29 is 9.90 Å². The molecule has 1 amide bonds. The van der Waals surface area contributed by atoms with Crippen LogP contribution in [0.5, 0.6) is 0 Å². The molecule has 1 N–H and O–H groups in total. The number of carbonyl (C=O) groups is 1. The second-order valence-electron chi connectivity index (χ2n) is 7.55. The summed E-state index contributed by atoms with van der Waals surface area (Å²) in [6.07, 6.45) is 5.84. The number of hydrogen-bond donors (Lipinski definition) is 1. The van der Waals surface area contributed by atoms with E-state index in [1.54, 1.807) is 23.1 Å². The van der Waals surface area contributed by atoms with E-state index in [0.29, 0.717) is 23.6 Å². The van der Waals surface area contributed by atoms with E-state index >= 15 is 0 Å². The van der Waals surface area contributed by atoms with Crippen molar-refractivity contribution in [1.82, 2.24) is 14.8 Å². The van der Waals surface area contributed by atoms with Crippen LogP contribution in [0.25, 0.3) is 0 Å². The Bertz CT molecular complexity index is 593. The average molecular weight is 368 g/mol. The van der Waals surface area contributed by atoms with Gasteiger partial charge in [0.05, 0.1) is 6.54 Å². The first-order chi connectivity index (χ1) is 11.5. The van der Waals surface area contributed by atoms with Gasteiger partial charge in [-0.1, -0.05) is 0 Å². The predicted molar refractivity (Wildman–Crippen MR) is 97.1 cm³/mol. The standard InChI is InChI=1S/C17H25N3O2S2/c1-19(11-14-18-5-9-24-14)13-10-16(13)2-6-20(7-3-16)15(21)17(22)4-8-23-12-17/h5,9,13,22H,2-4,6-8,10-12H2,1H3/t13-,17-/m0/s1. The molecule has 2 aliphatic heterocycles. The van der Waals surface area contributed by atoms with Gasteiger partial charge in [-0.2, -0.15) is 11.8 Å². The van der Waals surface area contributed by atoms with Crippen molar-refractivity contribution in [2.45, 2.75) is 43.9 Å². The van der Waals surface area contributed by atoms with E-state index in [9.17, 15) is 9.90 Å². The quantitative estimate of drug-likeness (QED) is 0.880. The summed E-state index contributed by atoms with van der Waals surface area (Å²) in [5.74, 6) is 1.42. The van der Waals surface area contributed by atoms with E-state index in [4.69, 9.17) is 0 Å². The van der Waals surface area contributed by atoms with Crippen LogP contribution < -0.4 is 0 Å². The van der Waals surface area contributed by atoms with Crippen LogP contribution in [0.15, 0.2) is 11.6 Å². The maximum Gasteiger partial charge on any atom is 0.255 e. The fraction of sp³-hybridized carbons (Fsp3) is 0.765. The summed E-state index contributed by atoms with van der Waals surface area (Å²) in [7, 11) is 2.19. The summed E-state index contributed by atoms with van der Waals surface area (Å²) in [4.78, 5) is 21.3. The Morgan fingerprint density at radius 2 is 2.25 bits per heavy atom. The van der Waals surface area contributed by atoms with E-state index in [0.717, 1.165) is 38.2 Å². The summed E-state index contributed by atoms with van der Waals surface area (Å²) < 4.78 is 0. The lowest BCUT2D eigenvalue weighted by Crippen LogP contribution is -2.52. The minimum Gasteiger partial charge on any atom is -0.379 e. The SMILES string of the molecule is CN(Cc1nccs1)[C@H]1CC12CCN(C(=O)[C@]1(O)CCSC1)CC2. The van der Waals surface area contributed by atoms with E-state index in [2.05, 4.69) is 16.9 Å². The number of thiazole rings is 1. The van der Waals surface area contributed by atoms with Crippen LogP contribution in [-0.4, -0.2) is 69.1 Å². The predicted octanol–water partition coefficient (Wildman–Crippen LogP) is 1.82. The molecular weight excluding hydrogens is 342 g/mol. The van der Waals surface area contributed by atoms with Crippen molar-refractivity contribution >= 4 is 29.0 Å². The molecule has 1 spiro atoms. The third-order valence-corrected chi connectivity index (χ3v) is 7.93. The molecule has 2 atom stereocenters. The number of likely N-dealkylation sites (tertiary alicyclic amines) is 1. The Morgan fingerprint density at radius 3 is 2.88 bits per heavy atom. The van der Waals surface area contributed by atoms with E-state index < -0.39 is 5.60 Å². The molecular formula is C17H25N3O2S2. The first-order valence-corrected chi connectivity index (χ1v) is 10.7.